The third kappa shape index (κ3) is 5.42. The molecule has 2 heterocycles. The average Bonchev–Trinajstić information content (AvgIpc) is 3.36. The third-order valence-electron chi connectivity index (χ3n) is 7.26. The number of likely N-dealkylation sites (N-methyl/N-ethyl adjacent to an activating group) is 1. The Bertz CT molecular complexity index is 1350. The topological polar surface area (TPSA) is 52.2 Å². The molecule has 4 aromatic rings. The van der Waals surface area contributed by atoms with Gasteiger partial charge in [-0.1, -0.05) is 48.9 Å². The summed E-state index contributed by atoms with van der Waals surface area (Å²) in [5.41, 5.74) is 3.72. The molecule has 1 fully saturated rings. The second-order valence-corrected chi connectivity index (χ2v) is 9.66. The number of nitrogens with zero attached hydrogens (tertiary/aromatic N) is 3. The highest BCUT2D eigenvalue weighted by Gasteiger charge is 2.30. The number of halogens is 2. The van der Waals surface area contributed by atoms with E-state index in [-0.39, 0.29) is 5.56 Å². The Morgan fingerprint density at radius 3 is 2.46 bits per heavy atom. The molecule has 1 atom stereocenters. The van der Waals surface area contributed by atoms with Crippen LogP contribution >= 0.6 is 0 Å². The Labute approximate surface area is 216 Å². The molecule has 1 aromatic heterocycles. The first-order valence-corrected chi connectivity index (χ1v) is 13.0. The molecule has 1 unspecified atom stereocenters. The summed E-state index contributed by atoms with van der Waals surface area (Å²) < 4.78 is 28.7. The van der Waals surface area contributed by atoms with Crippen molar-refractivity contribution in [3.05, 3.63) is 101 Å². The molecular weight excluding hydrogens is 470 g/mol. The normalized spacial score (nSPS) is 15.1. The number of fused-ring (bicyclic) bond motifs is 1. The molecule has 1 saturated heterocycles. The third-order valence-corrected chi connectivity index (χ3v) is 7.26. The minimum Gasteiger partial charge on any atom is -0.340 e. The van der Waals surface area contributed by atoms with Crippen LogP contribution in [-0.4, -0.2) is 45.3 Å². The van der Waals surface area contributed by atoms with Crippen molar-refractivity contribution in [2.75, 3.05) is 19.6 Å². The van der Waals surface area contributed by atoms with Crippen molar-refractivity contribution in [2.45, 2.75) is 45.2 Å². The van der Waals surface area contributed by atoms with Crippen LogP contribution in [0.4, 0.5) is 8.78 Å². The van der Waals surface area contributed by atoms with E-state index in [1.165, 1.54) is 37.0 Å². The monoisotopic (exact) mass is 502 g/mol. The summed E-state index contributed by atoms with van der Waals surface area (Å²) in [5, 5.41) is 0. The van der Waals surface area contributed by atoms with E-state index in [4.69, 9.17) is 4.98 Å². The maximum absolute atomic E-state index is 14.7. The van der Waals surface area contributed by atoms with E-state index in [1.54, 1.807) is 4.90 Å². The molecular formula is C30H32F2N4O. The van der Waals surface area contributed by atoms with Gasteiger partial charge in [0.05, 0.1) is 22.6 Å². The second kappa shape index (κ2) is 11.2. The van der Waals surface area contributed by atoms with Crippen molar-refractivity contribution in [1.29, 1.82) is 0 Å². The molecule has 5 rings (SSSR count). The molecule has 1 N–H and O–H groups in total. The first-order chi connectivity index (χ1) is 18.0. The van der Waals surface area contributed by atoms with Gasteiger partial charge in [0.2, 0.25) is 0 Å². The van der Waals surface area contributed by atoms with Crippen molar-refractivity contribution in [3.63, 3.8) is 0 Å². The van der Waals surface area contributed by atoms with E-state index in [0.29, 0.717) is 18.8 Å². The van der Waals surface area contributed by atoms with E-state index in [1.807, 2.05) is 43.3 Å². The zero-order valence-corrected chi connectivity index (χ0v) is 21.1. The number of imidazole rings is 1. The van der Waals surface area contributed by atoms with Crippen LogP contribution in [0.2, 0.25) is 0 Å². The van der Waals surface area contributed by atoms with Crippen molar-refractivity contribution in [3.8, 4) is 0 Å². The van der Waals surface area contributed by atoms with Crippen LogP contribution in [0.5, 0.6) is 0 Å². The molecule has 192 valence electrons. The highest BCUT2D eigenvalue weighted by Crippen LogP contribution is 2.29. The molecule has 0 bridgehead atoms. The number of aromatic nitrogens is 2. The fourth-order valence-electron chi connectivity index (χ4n) is 5.29. The van der Waals surface area contributed by atoms with Gasteiger partial charge in [0.1, 0.15) is 5.82 Å². The number of rotatable bonds is 8. The molecule has 0 saturated carbocycles. The van der Waals surface area contributed by atoms with Crippen LogP contribution in [0.15, 0.2) is 66.7 Å². The molecule has 0 radical (unpaired) electrons. The predicted octanol–water partition coefficient (Wildman–Crippen LogP) is 6.27. The number of aromatic amines is 1. The lowest BCUT2D eigenvalue weighted by molar-refractivity contribution is 0.0673. The van der Waals surface area contributed by atoms with Gasteiger partial charge in [0.15, 0.2) is 11.6 Å². The summed E-state index contributed by atoms with van der Waals surface area (Å²) in [6.07, 6.45) is 4.19. The van der Waals surface area contributed by atoms with Crippen LogP contribution in [0.25, 0.3) is 11.0 Å². The van der Waals surface area contributed by atoms with Crippen LogP contribution in [-0.2, 0) is 13.0 Å². The summed E-state index contributed by atoms with van der Waals surface area (Å²) in [5.74, 6) is -2.09. The second-order valence-electron chi connectivity index (χ2n) is 9.66. The van der Waals surface area contributed by atoms with Crippen LogP contribution in [0.3, 0.4) is 0 Å². The number of hydrogen-bond acceptors (Lipinski definition) is 3. The Morgan fingerprint density at radius 1 is 0.973 bits per heavy atom. The van der Waals surface area contributed by atoms with Gasteiger partial charge in [-0.2, -0.15) is 0 Å². The van der Waals surface area contributed by atoms with Gasteiger partial charge in [-0.25, -0.2) is 13.8 Å². The number of carbonyl (C=O) groups excluding carboxylic acids is 1. The number of carbonyl (C=O) groups is 1. The van der Waals surface area contributed by atoms with Crippen molar-refractivity contribution < 1.29 is 13.6 Å². The van der Waals surface area contributed by atoms with E-state index in [2.05, 4.69) is 22.0 Å². The summed E-state index contributed by atoms with van der Waals surface area (Å²) in [7, 11) is 0. The highest BCUT2D eigenvalue weighted by molar-refractivity contribution is 5.94. The molecule has 7 heteroatoms. The zero-order chi connectivity index (χ0) is 25.8. The number of piperidine rings is 1. The number of hydrogen-bond donors (Lipinski definition) is 1. The van der Waals surface area contributed by atoms with Crippen molar-refractivity contribution in [1.82, 2.24) is 19.8 Å². The smallest absolute Gasteiger partial charge is 0.257 e. The SMILES string of the molecule is CCN(C(=O)c1cccc(F)c1F)C(Cc1ccccc1CN1CCCCC1)c1nc2ccccc2[nH]1. The van der Waals surface area contributed by atoms with E-state index in [0.717, 1.165) is 42.3 Å². The van der Waals surface area contributed by atoms with Crippen LogP contribution in [0, 0.1) is 11.6 Å². The minimum absolute atomic E-state index is 0.274. The van der Waals surface area contributed by atoms with Gasteiger partial charge in [0.25, 0.3) is 5.91 Å². The number of amides is 1. The Morgan fingerprint density at radius 2 is 1.70 bits per heavy atom. The van der Waals surface area contributed by atoms with Gasteiger partial charge in [-0.05, 0) is 68.2 Å². The molecule has 5 nitrogen and oxygen atoms in total. The Kier molecular flexibility index (Phi) is 7.60. The summed E-state index contributed by atoms with van der Waals surface area (Å²) in [4.78, 5) is 25.9. The number of nitrogens with one attached hydrogen (secondary N) is 1. The maximum atomic E-state index is 14.7. The molecule has 3 aromatic carbocycles. The standard InChI is InChI=1S/C30H32F2N4O/c1-2-36(30(37)23-13-10-14-24(31)28(23)32)27(29-33-25-15-6-7-16-26(25)34-29)19-21-11-4-5-12-22(21)20-35-17-8-3-9-18-35/h4-7,10-16,27H,2-3,8-9,17-20H2,1H3,(H,33,34). The molecule has 0 spiro atoms. The van der Waals surface area contributed by atoms with Gasteiger partial charge in [-0.15, -0.1) is 0 Å². The predicted molar refractivity (Wildman–Crippen MR) is 141 cm³/mol. The number of benzene rings is 3. The fourth-order valence-corrected chi connectivity index (χ4v) is 5.29. The summed E-state index contributed by atoms with van der Waals surface area (Å²) in [6, 6.07) is 19.2. The van der Waals surface area contributed by atoms with E-state index >= 15 is 0 Å². The molecule has 0 aliphatic carbocycles. The van der Waals surface area contributed by atoms with Crippen LogP contribution in [0.1, 0.15) is 59.5 Å². The number of likely N-dealkylation sites (tertiary alicyclic amines) is 1. The quantitative estimate of drug-likeness (QED) is 0.309. The fraction of sp³-hybridized carbons (Fsp3) is 0.333. The lowest BCUT2D eigenvalue weighted by Crippen LogP contribution is -2.37. The zero-order valence-electron chi connectivity index (χ0n) is 21.1. The van der Waals surface area contributed by atoms with Gasteiger partial charge >= 0.3 is 0 Å². The highest BCUT2D eigenvalue weighted by atomic mass is 19.2. The van der Waals surface area contributed by atoms with Crippen molar-refractivity contribution >= 4 is 16.9 Å². The first kappa shape index (κ1) is 25.1. The lowest BCUT2D eigenvalue weighted by Gasteiger charge is -2.31. The summed E-state index contributed by atoms with van der Waals surface area (Å²) in [6.45, 7) is 5.18. The summed E-state index contributed by atoms with van der Waals surface area (Å²) >= 11 is 0. The number of para-hydroxylation sites is 2. The average molecular weight is 503 g/mol. The van der Waals surface area contributed by atoms with E-state index < -0.39 is 23.6 Å². The molecule has 1 aliphatic heterocycles. The molecule has 1 amide bonds. The van der Waals surface area contributed by atoms with E-state index in [9.17, 15) is 13.6 Å². The number of H-pyrrole nitrogens is 1. The Hall–Kier alpha value is -3.58. The van der Waals surface area contributed by atoms with Crippen molar-refractivity contribution in [2.24, 2.45) is 0 Å². The largest absolute Gasteiger partial charge is 0.340 e. The van der Waals surface area contributed by atoms with Gasteiger partial charge < -0.3 is 9.88 Å². The minimum atomic E-state index is -1.13. The van der Waals surface area contributed by atoms with Gasteiger partial charge in [0, 0.05) is 19.5 Å². The Balaban J connectivity index is 1.53. The van der Waals surface area contributed by atoms with Gasteiger partial charge in [-0.3, -0.25) is 9.69 Å². The molecule has 1 aliphatic rings. The lowest BCUT2D eigenvalue weighted by atomic mass is 9.97. The molecule has 37 heavy (non-hydrogen) atoms. The maximum Gasteiger partial charge on any atom is 0.257 e. The van der Waals surface area contributed by atoms with Crippen LogP contribution < -0.4 is 0 Å². The first-order valence-electron chi connectivity index (χ1n) is 13.0.